The van der Waals surface area contributed by atoms with Crippen LogP contribution in [-0.4, -0.2) is 17.7 Å². The van der Waals surface area contributed by atoms with Gasteiger partial charge in [-0.1, -0.05) is 13.8 Å². The molecule has 0 bridgehead atoms. The molecule has 1 fully saturated rings. The van der Waals surface area contributed by atoms with Crippen LogP contribution >= 0.6 is 0 Å². The summed E-state index contributed by atoms with van der Waals surface area (Å²) in [5, 5.41) is 2.94. The van der Waals surface area contributed by atoms with Gasteiger partial charge in [0.05, 0.1) is 0 Å². The van der Waals surface area contributed by atoms with Crippen molar-refractivity contribution >= 4 is 11.7 Å². The van der Waals surface area contributed by atoms with E-state index in [1.54, 1.807) is 0 Å². The van der Waals surface area contributed by atoms with Crippen molar-refractivity contribution < 1.29 is 9.59 Å². The summed E-state index contributed by atoms with van der Waals surface area (Å²) in [5.74, 6) is 0.435. The number of ketones is 1. The molecule has 0 saturated heterocycles. The molecular weight excluding hydrogens is 178 g/mol. The first-order chi connectivity index (χ1) is 6.63. The minimum absolute atomic E-state index is 0.0621. The second-order valence-electron chi connectivity index (χ2n) is 4.15. The highest BCUT2D eigenvalue weighted by Gasteiger charge is 2.22. The SMILES string of the molecule is CC[C@H](C)C(=O)NC1CCCC(=O)C1. The van der Waals surface area contributed by atoms with Gasteiger partial charge in [0, 0.05) is 24.8 Å². The number of rotatable bonds is 3. The molecule has 0 aromatic heterocycles. The predicted octanol–water partition coefficient (Wildman–Crippen LogP) is 1.66. The Hall–Kier alpha value is -0.860. The molecule has 0 aromatic carbocycles. The van der Waals surface area contributed by atoms with Gasteiger partial charge in [-0.25, -0.2) is 0 Å². The molecule has 1 amide bonds. The van der Waals surface area contributed by atoms with Gasteiger partial charge in [0.15, 0.2) is 0 Å². The summed E-state index contributed by atoms with van der Waals surface area (Å²) in [6.45, 7) is 3.91. The Bertz CT molecular complexity index is 225. The van der Waals surface area contributed by atoms with Crippen molar-refractivity contribution in [3.05, 3.63) is 0 Å². The average molecular weight is 197 g/mol. The summed E-state index contributed by atoms with van der Waals surface area (Å²) >= 11 is 0. The smallest absolute Gasteiger partial charge is 0.223 e. The van der Waals surface area contributed by atoms with Gasteiger partial charge < -0.3 is 5.32 Å². The Morgan fingerprint density at radius 2 is 2.36 bits per heavy atom. The lowest BCUT2D eigenvalue weighted by Crippen LogP contribution is -2.40. The molecular formula is C11H19NO2. The Kier molecular flexibility index (Phi) is 4.11. The molecule has 1 aliphatic rings. The van der Waals surface area contributed by atoms with E-state index in [1.807, 2.05) is 13.8 Å². The molecule has 2 atom stereocenters. The van der Waals surface area contributed by atoms with Crippen molar-refractivity contribution in [3.8, 4) is 0 Å². The van der Waals surface area contributed by atoms with Crippen LogP contribution in [0.15, 0.2) is 0 Å². The molecule has 1 N–H and O–H groups in total. The molecule has 1 rings (SSSR count). The molecule has 14 heavy (non-hydrogen) atoms. The van der Waals surface area contributed by atoms with Crippen LogP contribution in [0.1, 0.15) is 46.0 Å². The van der Waals surface area contributed by atoms with E-state index < -0.39 is 0 Å². The summed E-state index contributed by atoms with van der Waals surface area (Å²) in [6.07, 6.45) is 3.95. The summed E-state index contributed by atoms with van der Waals surface area (Å²) < 4.78 is 0. The topological polar surface area (TPSA) is 46.2 Å². The molecule has 3 heteroatoms. The predicted molar refractivity (Wildman–Crippen MR) is 54.9 cm³/mol. The van der Waals surface area contributed by atoms with Crippen LogP contribution < -0.4 is 5.32 Å². The van der Waals surface area contributed by atoms with Crippen LogP contribution in [-0.2, 0) is 9.59 Å². The maximum Gasteiger partial charge on any atom is 0.223 e. The lowest BCUT2D eigenvalue weighted by molar-refractivity contribution is -0.126. The molecule has 0 aromatic rings. The number of nitrogens with one attached hydrogen (secondary N) is 1. The number of carbonyl (C=O) groups is 2. The molecule has 0 spiro atoms. The number of Topliss-reactive ketones (excluding diaryl/α,β-unsaturated/α-hetero) is 1. The third kappa shape index (κ3) is 3.13. The van der Waals surface area contributed by atoms with Crippen molar-refractivity contribution in [2.45, 2.75) is 52.0 Å². The van der Waals surface area contributed by atoms with Gasteiger partial charge in [-0.3, -0.25) is 9.59 Å². The minimum atomic E-state index is 0.0621. The number of amides is 1. The van der Waals surface area contributed by atoms with Crippen LogP contribution in [0.5, 0.6) is 0 Å². The van der Waals surface area contributed by atoms with E-state index in [4.69, 9.17) is 0 Å². The van der Waals surface area contributed by atoms with Gasteiger partial charge in [0.2, 0.25) is 5.91 Å². The lowest BCUT2D eigenvalue weighted by Gasteiger charge is -2.23. The van der Waals surface area contributed by atoms with Crippen molar-refractivity contribution in [1.29, 1.82) is 0 Å². The van der Waals surface area contributed by atoms with E-state index in [2.05, 4.69) is 5.32 Å². The summed E-state index contributed by atoms with van der Waals surface area (Å²) in [4.78, 5) is 22.7. The fourth-order valence-electron chi connectivity index (χ4n) is 1.68. The normalized spacial score (nSPS) is 24.4. The lowest BCUT2D eigenvalue weighted by atomic mass is 9.93. The zero-order chi connectivity index (χ0) is 10.6. The Morgan fingerprint density at radius 3 is 2.93 bits per heavy atom. The van der Waals surface area contributed by atoms with E-state index in [0.29, 0.717) is 12.8 Å². The summed E-state index contributed by atoms with van der Waals surface area (Å²) in [7, 11) is 0. The van der Waals surface area contributed by atoms with Crippen molar-refractivity contribution in [1.82, 2.24) is 5.32 Å². The highest BCUT2D eigenvalue weighted by Crippen LogP contribution is 2.15. The molecule has 1 aliphatic carbocycles. The Balaban J connectivity index is 2.36. The fourth-order valence-corrected chi connectivity index (χ4v) is 1.68. The van der Waals surface area contributed by atoms with E-state index in [-0.39, 0.29) is 23.7 Å². The largest absolute Gasteiger partial charge is 0.353 e. The molecule has 80 valence electrons. The highest BCUT2D eigenvalue weighted by atomic mass is 16.2. The van der Waals surface area contributed by atoms with Gasteiger partial charge in [-0.2, -0.15) is 0 Å². The van der Waals surface area contributed by atoms with Gasteiger partial charge in [-0.05, 0) is 19.3 Å². The average Bonchev–Trinajstić information content (AvgIpc) is 2.16. The van der Waals surface area contributed by atoms with Crippen LogP contribution in [0.4, 0.5) is 0 Å². The standard InChI is InChI=1S/C11H19NO2/c1-3-8(2)11(14)12-9-5-4-6-10(13)7-9/h8-9H,3-7H2,1-2H3,(H,12,14)/t8-,9?/m0/s1. The first-order valence-electron chi connectivity index (χ1n) is 5.45. The van der Waals surface area contributed by atoms with Crippen LogP contribution in [0.25, 0.3) is 0 Å². The van der Waals surface area contributed by atoms with Crippen molar-refractivity contribution in [2.75, 3.05) is 0 Å². The molecule has 3 nitrogen and oxygen atoms in total. The zero-order valence-electron chi connectivity index (χ0n) is 9.01. The minimum Gasteiger partial charge on any atom is -0.353 e. The van der Waals surface area contributed by atoms with Crippen molar-refractivity contribution in [3.63, 3.8) is 0 Å². The quantitative estimate of drug-likeness (QED) is 0.748. The van der Waals surface area contributed by atoms with Crippen LogP contribution in [0.2, 0.25) is 0 Å². The van der Waals surface area contributed by atoms with E-state index in [0.717, 1.165) is 19.3 Å². The molecule has 0 heterocycles. The second kappa shape index (κ2) is 5.13. The summed E-state index contributed by atoms with van der Waals surface area (Å²) in [5.41, 5.74) is 0. The van der Waals surface area contributed by atoms with E-state index in [9.17, 15) is 9.59 Å². The molecule has 1 saturated carbocycles. The Labute approximate surface area is 85.3 Å². The first-order valence-corrected chi connectivity index (χ1v) is 5.45. The third-order valence-electron chi connectivity index (χ3n) is 2.89. The molecule has 0 aliphatic heterocycles. The third-order valence-corrected chi connectivity index (χ3v) is 2.89. The molecule has 0 radical (unpaired) electrons. The highest BCUT2D eigenvalue weighted by molar-refractivity contribution is 5.82. The van der Waals surface area contributed by atoms with Crippen molar-refractivity contribution in [2.24, 2.45) is 5.92 Å². The number of carbonyl (C=O) groups excluding carboxylic acids is 2. The number of hydrogen-bond donors (Lipinski definition) is 1. The number of hydrogen-bond acceptors (Lipinski definition) is 2. The maximum absolute atomic E-state index is 11.5. The second-order valence-corrected chi connectivity index (χ2v) is 4.15. The monoisotopic (exact) mass is 197 g/mol. The van der Waals surface area contributed by atoms with Crippen LogP contribution in [0, 0.1) is 5.92 Å². The van der Waals surface area contributed by atoms with Gasteiger partial charge in [0.1, 0.15) is 5.78 Å². The van der Waals surface area contributed by atoms with Gasteiger partial charge >= 0.3 is 0 Å². The first kappa shape index (κ1) is 11.2. The fraction of sp³-hybridized carbons (Fsp3) is 0.818. The maximum atomic E-state index is 11.5. The van der Waals surface area contributed by atoms with Crippen LogP contribution in [0.3, 0.4) is 0 Å². The Morgan fingerprint density at radius 1 is 1.64 bits per heavy atom. The van der Waals surface area contributed by atoms with E-state index >= 15 is 0 Å². The van der Waals surface area contributed by atoms with Gasteiger partial charge in [-0.15, -0.1) is 0 Å². The van der Waals surface area contributed by atoms with E-state index in [1.165, 1.54) is 0 Å². The molecule has 1 unspecified atom stereocenters. The van der Waals surface area contributed by atoms with Gasteiger partial charge in [0.25, 0.3) is 0 Å². The zero-order valence-corrected chi connectivity index (χ0v) is 9.01. The summed E-state index contributed by atoms with van der Waals surface area (Å²) in [6, 6.07) is 0.0951.